The van der Waals surface area contributed by atoms with Crippen LogP contribution in [0.5, 0.6) is 0 Å². The molecule has 0 saturated heterocycles. The van der Waals surface area contributed by atoms with E-state index in [1.807, 2.05) is 0 Å². The van der Waals surface area contributed by atoms with Gasteiger partial charge in [-0.15, -0.1) is 0 Å². The van der Waals surface area contributed by atoms with Crippen molar-refractivity contribution in [2.45, 2.75) is 6.42 Å². The molecular formula is C11H14FN3O. The lowest BCUT2D eigenvalue weighted by Gasteiger charge is -2.21. The average molecular weight is 223 g/mol. The summed E-state index contributed by atoms with van der Waals surface area (Å²) < 4.78 is 13.2. The van der Waals surface area contributed by atoms with Crippen LogP contribution in [0.3, 0.4) is 0 Å². The molecule has 2 rings (SSSR count). The molecule has 1 aliphatic rings. The van der Waals surface area contributed by atoms with E-state index in [0.717, 1.165) is 18.7 Å². The highest BCUT2D eigenvalue weighted by Gasteiger charge is 2.20. The van der Waals surface area contributed by atoms with Gasteiger partial charge in [-0.2, -0.15) is 0 Å². The van der Waals surface area contributed by atoms with E-state index < -0.39 is 0 Å². The third kappa shape index (κ3) is 1.99. The van der Waals surface area contributed by atoms with Gasteiger partial charge in [-0.1, -0.05) is 0 Å². The van der Waals surface area contributed by atoms with E-state index in [2.05, 4.69) is 5.32 Å². The zero-order valence-corrected chi connectivity index (χ0v) is 8.87. The lowest BCUT2D eigenvalue weighted by Crippen LogP contribution is -2.36. The molecular weight excluding hydrogens is 209 g/mol. The molecule has 0 aliphatic carbocycles. The van der Waals surface area contributed by atoms with Crippen LogP contribution in [0.2, 0.25) is 0 Å². The van der Waals surface area contributed by atoms with Gasteiger partial charge in [0, 0.05) is 13.1 Å². The number of amides is 1. The summed E-state index contributed by atoms with van der Waals surface area (Å²) >= 11 is 0. The van der Waals surface area contributed by atoms with Crippen LogP contribution in [-0.2, 0) is 4.79 Å². The Hall–Kier alpha value is -1.62. The zero-order chi connectivity index (χ0) is 11.5. The number of nitrogens with two attached hydrogens (primary N) is 1. The molecule has 4 nitrogen and oxygen atoms in total. The Morgan fingerprint density at radius 2 is 2.38 bits per heavy atom. The molecule has 0 atom stereocenters. The van der Waals surface area contributed by atoms with Crippen molar-refractivity contribution in [2.75, 3.05) is 29.9 Å². The maximum atomic E-state index is 13.2. The van der Waals surface area contributed by atoms with Crippen LogP contribution in [0.1, 0.15) is 6.42 Å². The first kappa shape index (κ1) is 10.9. The summed E-state index contributed by atoms with van der Waals surface area (Å²) in [6, 6.07) is 4.39. The maximum Gasteiger partial charge on any atom is 0.240 e. The normalized spacial score (nSPS) is 15.0. The molecule has 0 bridgehead atoms. The van der Waals surface area contributed by atoms with Gasteiger partial charge in [0.2, 0.25) is 5.91 Å². The second-order valence-corrected chi connectivity index (χ2v) is 3.69. The Kier molecular flexibility index (Phi) is 3.05. The summed E-state index contributed by atoms with van der Waals surface area (Å²) in [6.45, 7) is 1.28. The standard InChI is InChI=1S/C11H14FN3O/c12-8-2-3-9-10(6-8)15(11(16)7-13)5-1-4-14-9/h2-3,6,14H,1,4-5,7,13H2. The molecule has 1 aromatic carbocycles. The number of halogens is 1. The minimum atomic E-state index is -0.350. The molecule has 0 unspecified atom stereocenters. The van der Waals surface area contributed by atoms with E-state index in [4.69, 9.17) is 5.73 Å². The number of benzene rings is 1. The topological polar surface area (TPSA) is 58.4 Å². The number of hydrogen-bond donors (Lipinski definition) is 2. The van der Waals surface area contributed by atoms with Crippen LogP contribution in [0, 0.1) is 5.82 Å². The fourth-order valence-electron chi connectivity index (χ4n) is 1.83. The third-order valence-electron chi connectivity index (χ3n) is 2.60. The predicted molar refractivity (Wildman–Crippen MR) is 60.9 cm³/mol. The highest BCUT2D eigenvalue weighted by molar-refractivity contribution is 5.98. The SMILES string of the molecule is NCC(=O)N1CCCNc2ccc(F)cc21. The van der Waals surface area contributed by atoms with Crippen molar-refractivity contribution in [3.8, 4) is 0 Å². The number of carbonyl (C=O) groups excluding carboxylic acids is 1. The summed E-state index contributed by atoms with van der Waals surface area (Å²) in [6.07, 6.45) is 0.821. The number of anilines is 2. The Morgan fingerprint density at radius 1 is 1.56 bits per heavy atom. The Bertz CT molecular complexity index is 408. The molecule has 0 fully saturated rings. The summed E-state index contributed by atoms with van der Waals surface area (Å²) in [5.74, 6) is -0.534. The van der Waals surface area contributed by atoms with Crippen molar-refractivity contribution in [3.05, 3.63) is 24.0 Å². The Balaban J connectivity index is 2.42. The molecule has 0 aromatic heterocycles. The van der Waals surface area contributed by atoms with Crippen LogP contribution in [0.15, 0.2) is 18.2 Å². The molecule has 0 spiro atoms. The monoisotopic (exact) mass is 223 g/mol. The van der Waals surface area contributed by atoms with E-state index >= 15 is 0 Å². The van der Waals surface area contributed by atoms with Crippen LogP contribution >= 0.6 is 0 Å². The van der Waals surface area contributed by atoms with E-state index in [0.29, 0.717) is 12.2 Å². The van der Waals surface area contributed by atoms with Crippen molar-refractivity contribution < 1.29 is 9.18 Å². The van der Waals surface area contributed by atoms with Crippen molar-refractivity contribution >= 4 is 17.3 Å². The van der Waals surface area contributed by atoms with Gasteiger partial charge in [0.25, 0.3) is 0 Å². The molecule has 0 radical (unpaired) electrons. The molecule has 16 heavy (non-hydrogen) atoms. The van der Waals surface area contributed by atoms with E-state index in [-0.39, 0.29) is 18.3 Å². The smallest absolute Gasteiger partial charge is 0.240 e. The lowest BCUT2D eigenvalue weighted by atomic mass is 10.2. The van der Waals surface area contributed by atoms with E-state index in [1.165, 1.54) is 12.1 Å². The maximum absolute atomic E-state index is 13.2. The Morgan fingerprint density at radius 3 is 3.12 bits per heavy atom. The second-order valence-electron chi connectivity index (χ2n) is 3.69. The number of nitrogens with one attached hydrogen (secondary N) is 1. The zero-order valence-electron chi connectivity index (χ0n) is 8.87. The highest BCUT2D eigenvalue weighted by Crippen LogP contribution is 2.29. The molecule has 1 heterocycles. The number of hydrogen-bond acceptors (Lipinski definition) is 3. The molecule has 3 N–H and O–H groups in total. The van der Waals surface area contributed by atoms with E-state index in [1.54, 1.807) is 11.0 Å². The van der Waals surface area contributed by atoms with Crippen LogP contribution in [0.25, 0.3) is 0 Å². The lowest BCUT2D eigenvalue weighted by molar-refractivity contribution is -0.117. The summed E-state index contributed by atoms with van der Waals surface area (Å²) in [4.78, 5) is 13.2. The van der Waals surface area contributed by atoms with Gasteiger partial charge in [-0.25, -0.2) is 4.39 Å². The van der Waals surface area contributed by atoms with Gasteiger partial charge in [-0.3, -0.25) is 4.79 Å². The minimum absolute atomic E-state index is 0.0596. The number of fused-ring (bicyclic) bond motifs is 1. The molecule has 0 saturated carbocycles. The van der Waals surface area contributed by atoms with Crippen LogP contribution in [-0.4, -0.2) is 25.5 Å². The Labute approximate surface area is 93.2 Å². The summed E-state index contributed by atoms with van der Waals surface area (Å²) in [5.41, 5.74) is 6.70. The summed E-state index contributed by atoms with van der Waals surface area (Å²) in [7, 11) is 0. The number of nitrogens with zero attached hydrogens (tertiary/aromatic N) is 1. The van der Waals surface area contributed by atoms with Crippen molar-refractivity contribution in [2.24, 2.45) is 5.73 Å². The molecule has 1 aliphatic heterocycles. The average Bonchev–Trinajstić information content (AvgIpc) is 2.50. The highest BCUT2D eigenvalue weighted by atomic mass is 19.1. The van der Waals surface area contributed by atoms with E-state index in [9.17, 15) is 9.18 Å². The molecule has 5 heteroatoms. The van der Waals surface area contributed by atoms with Crippen molar-refractivity contribution in [1.82, 2.24) is 0 Å². The fourth-order valence-corrected chi connectivity index (χ4v) is 1.83. The van der Waals surface area contributed by atoms with Gasteiger partial charge in [0.1, 0.15) is 5.82 Å². The van der Waals surface area contributed by atoms with Gasteiger partial charge >= 0.3 is 0 Å². The van der Waals surface area contributed by atoms with Gasteiger partial charge in [0.05, 0.1) is 17.9 Å². The van der Waals surface area contributed by atoms with Gasteiger partial charge in [0.15, 0.2) is 0 Å². The van der Waals surface area contributed by atoms with Crippen molar-refractivity contribution in [3.63, 3.8) is 0 Å². The van der Waals surface area contributed by atoms with Crippen molar-refractivity contribution in [1.29, 1.82) is 0 Å². The minimum Gasteiger partial charge on any atom is -0.383 e. The summed E-state index contributed by atoms with van der Waals surface area (Å²) in [5, 5.41) is 3.16. The second kappa shape index (κ2) is 4.49. The van der Waals surface area contributed by atoms with Gasteiger partial charge in [-0.05, 0) is 24.6 Å². The first-order valence-corrected chi connectivity index (χ1v) is 5.26. The first-order valence-electron chi connectivity index (χ1n) is 5.26. The van der Waals surface area contributed by atoms with Crippen LogP contribution < -0.4 is 16.0 Å². The molecule has 86 valence electrons. The first-order chi connectivity index (χ1) is 7.72. The quantitative estimate of drug-likeness (QED) is 0.744. The molecule has 1 amide bonds. The predicted octanol–water partition coefficient (Wildman–Crippen LogP) is 0.933. The third-order valence-corrected chi connectivity index (χ3v) is 2.60. The van der Waals surface area contributed by atoms with Gasteiger partial charge < -0.3 is 16.0 Å². The molecule has 1 aromatic rings. The largest absolute Gasteiger partial charge is 0.383 e. The number of rotatable bonds is 1. The number of carbonyl (C=O) groups is 1. The fraction of sp³-hybridized carbons (Fsp3) is 0.364. The van der Waals surface area contributed by atoms with Crippen LogP contribution in [0.4, 0.5) is 15.8 Å².